The van der Waals surface area contributed by atoms with Gasteiger partial charge in [0.05, 0.1) is 23.5 Å². The molecule has 4 rings (SSSR count). The number of piperidine rings is 1. The third-order valence-electron chi connectivity index (χ3n) is 4.69. The predicted molar refractivity (Wildman–Crippen MR) is 85.1 cm³/mol. The van der Waals surface area contributed by atoms with Crippen molar-refractivity contribution in [3.63, 3.8) is 0 Å². The van der Waals surface area contributed by atoms with Crippen molar-refractivity contribution >= 4 is 15.9 Å². The van der Waals surface area contributed by atoms with Crippen LogP contribution in [0, 0.1) is 17.2 Å². The minimum absolute atomic E-state index is 0.122. The van der Waals surface area contributed by atoms with Gasteiger partial charge in [-0.25, -0.2) is 8.42 Å². The lowest BCUT2D eigenvalue weighted by Gasteiger charge is -2.36. The van der Waals surface area contributed by atoms with E-state index in [0.29, 0.717) is 30.8 Å². The van der Waals surface area contributed by atoms with Crippen LogP contribution >= 0.6 is 0 Å². The molecule has 0 aliphatic carbocycles. The molecule has 23 heavy (non-hydrogen) atoms. The van der Waals surface area contributed by atoms with Crippen molar-refractivity contribution in [3.8, 4) is 6.07 Å². The van der Waals surface area contributed by atoms with E-state index in [-0.39, 0.29) is 17.9 Å². The van der Waals surface area contributed by atoms with Gasteiger partial charge in [0.2, 0.25) is 10.0 Å². The lowest BCUT2D eigenvalue weighted by atomic mass is 9.94. The van der Waals surface area contributed by atoms with Crippen molar-refractivity contribution < 1.29 is 13.2 Å². The fraction of sp³-hybridized carbons (Fsp3) is 0.500. The third kappa shape index (κ3) is 3.09. The van der Waals surface area contributed by atoms with Gasteiger partial charge in [-0.2, -0.15) is 9.57 Å². The molecule has 3 fully saturated rings. The van der Waals surface area contributed by atoms with Crippen molar-refractivity contribution in [2.75, 3.05) is 25.9 Å². The largest absolute Gasteiger partial charge is 0.334 e. The lowest BCUT2D eigenvalue weighted by Crippen LogP contribution is -2.47. The topological polar surface area (TPSA) is 81.5 Å². The van der Waals surface area contributed by atoms with Gasteiger partial charge in [0.25, 0.3) is 5.91 Å². The van der Waals surface area contributed by atoms with E-state index in [2.05, 4.69) is 6.07 Å². The van der Waals surface area contributed by atoms with Crippen LogP contribution in [0.15, 0.2) is 24.3 Å². The second-order valence-electron chi connectivity index (χ2n) is 6.29. The Morgan fingerprint density at radius 2 is 1.96 bits per heavy atom. The average Bonchev–Trinajstić information content (AvgIpc) is 2.86. The molecule has 3 heterocycles. The van der Waals surface area contributed by atoms with E-state index in [0.717, 1.165) is 12.8 Å². The molecular formula is C16H19N3O3S. The first-order valence-corrected chi connectivity index (χ1v) is 9.50. The number of amides is 1. The minimum Gasteiger partial charge on any atom is -0.334 e. The fourth-order valence-corrected chi connectivity index (χ4v) is 4.40. The zero-order valence-electron chi connectivity index (χ0n) is 13.0. The molecule has 3 aliphatic rings. The molecule has 2 atom stereocenters. The quantitative estimate of drug-likeness (QED) is 0.810. The van der Waals surface area contributed by atoms with E-state index in [1.54, 1.807) is 29.2 Å². The second-order valence-corrected chi connectivity index (χ2v) is 8.27. The second kappa shape index (κ2) is 5.95. The minimum atomic E-state index is -3.26. The van der Waals surface area contributed by atoms with Crippen molar-refractivity contribution in [3.05, 3.63) is 35.4 Å². The maximum absolute atomic E-state index is 12.9. The normalized spacial score (nSPS) is 25.0. The van der Waals surface area contributed by atoms with Gasteiger partial charge < -0.3 is 4.90 Å². The highest BCUT2D eigenvalue weighted by atomic mass is 32.2. The van der Waals surface area contributed by atoms with Crippen LogP contribution in [0.5, 0.6) is 0 Å². The predicted octanol–water partition coefficient (Wildman–Crippen LogP) is 1.05. The van der Waals surface area contributed by atoms with Gasteiger partial charge in [-0.1, -0.05) is 12.1 Å². The zero-order valence-corrected chi connectivity index (χ0v) is 13.8. The van der Waals surface area contributed by atoms with Gasteiger partial charge in [-0.3, -0.25) is 4.79 Å². The van der Waals surface area contributed by atoms with E-state index in [9.17, 15) is 18.5 Å². The maximum Gasteiger partial charge on any atom is 0.255 e. The van der Waals surface area contributed by atoms with E-state index in [1.165, 1.54) is 10.6 Å². The summed E-state index contributed by atoms with van der Waals surface area (Å²) in [5, 5.41) is 9.19. The Bertz CT molecular complexity index is 769. The summed E-state index contributed by atoms with van der Waals surface area (Å²) in [6.07, 6.45) is 2.95. The van der Waals surface area contributed by atoms with E-state index in [4.69, 9.17) is 0 Å². The number of carbonyl (C=O) groups is 1. The highest BCUT2D eigenvalue weighted by Gasteiger charge is 2.40. The molecular weight excluding hydrogens is 314 g/mol. The first-order valence-electron chi connectivity index (χ1n) is 7.65. The molecule has 0 aromatic heterocycles. The summed E-state index contributed by atoms with van der Waals surface area (Å²) in [5.41, 5.74) is 0.756. The highest BCUT2D eigenvalue weighted by Crippen LogP contribution is 2.30. The van der Waals surface area contributed by atoms with Crippen molar-refractivity contribution in [2.24, 2.45) is 5.92 Å². The van der Waals surface area contributed by atoms with Gasteiger partial charge in [-0.05, 0) is 30.9 Å². The van der Waals surface area contributed by atoms with Crippen molar-refractivity contribution in [2.45, 2.75) is 18.9 Å². The van der Waals surface area contributed by atoms with Gasteiger partial charge in [-0.15, -0.1) is 0 Å². The summed E-state index contributed by atoms with van der Waals surface area (Å²) in [6, 6.07) is 8.70. The van der Waals surface area contributed by atoms with Crippen LogP contribution in [0.4, 0.5) is 0 Å². The zero-order chi connectivity index (χ0) is 16.6. The summed E-state index contributed by atoms with van der Waals surface area (Å²) in [4.78, 5) is 14.6. The SMILES string of the molecule is CS(=O)(=O)N1C[C@@H]2CC[C@H](C1)N(C(=O)c1ccccc1C#N)C2. The molecule has 0 spiro atoms. The monoisotopic (exact) mass is 333 g/mol. The number of hydrogen-bond donors (Lipinski definition) is 0. The third-order valence-corrected chi connectivity index (χ3v) is 5.92. The molecule has 1 amide bonds. The number of fused-ring (bicyclic) bond motifs is 4. The number of rotatable bonds is 2. The number of carbonyl (C=O) groups excluding carboxylic acids is 1. The molecule has 2 bridgehead atoms. The molecule has 0 radical (unpaired) electrons. The smallest absolute Gasteiger partial charge is 0.255 e. The summed E-state index contributed by atoms with van der Waals surface area (Å²) < 4.78 is 25.3. The van der Waals surface area contributed by atoms with Gasteiger partial charge in [0.1, 0.15) is 0 Å². The van der Waals surface area contributed by atoms with Gasteiger partial charge in [0, 0.05) is 25.7 Å². The average molecular weight is 333 g/mol. The Kier molecular flexibility index (Phi) is 4.13. The van der Waals surface area contributed by atoms with Gasteiger partial charge >= 0.3 is 0 Å². The summed E-state index contributed by atoms with van der Waals surface area (Å²) in [7, 11) is -3.26. The Labute approximate surface area is 136 Å². The fourth-order valence-electron chi connectivity index (χ4n) is 3.48. The van der Waals surface area contributed by atoms with Crippen LogP contribution in [-0.4, -0.2) is 55.5 Å². The molecule has 7 heteroatoms. The van der Waals surface area contributed by atoms with Crippen LogP contribution in [-0.2, 0) is 10.0 Å². The van der Waals surface area contributed by atoms with Crippen LogP contribution in [0.1, 0.15) is 28.8 Å². The first kappa shape index (κ1) is 16.0. The van der Waals surface area contributed by atoms with Gasteiger partial charge in [0.15, 0.2) is 0 Å². The summed E-state index contributed by atoms with van der Waals surface area (Å²) >= 11 is 0. The molecule has 0 saturated carbocycles. The van der Waals surface area contributed by atoms with E-state index >= 15 is 0 Å². The highest BCUT2D eigenvalue weighted by molar-refractivity contribution is 7.88. The summed E-state index contributed by atoms with van der Waals surface area (Å²) in [5.74, 6) is -0.0196. The number of hydrogen-bond acceptors (Lipinski definition) is 4. The Morgan fingerprint density at radius 3 is 2.65 bits per heavy atom. The Morgan fingerprint density at radius 1 is 1.22 bits per heavy atom. The maximum atomic E-state index is 12.9. The van der Waals surface area contributed by atoms with Crippen LogP contribution in [0.25, 0.3) is 0 Å². The van der Waals surface area contributed by atoms with Crippen LogP contribution in [0.3, 0.4) is 0 Å². The molecule has 3 aliphatic heterocycles. The Hall–Kier alpha value is -1.91. The molecule has 0 N–H and O–H groups in total. The molecule has 1 aromatic rings. The van der Waals surface area contributed by atoms with E-state index in [1.807, 2.05) is 0 Å². The molecule has 1 aromatic carbocycles. The number of nitrogens with zero attached hydrogens (tertiary/aromatic N) is 3. The molecule has 6 nitrogen and oxygen atoms in total. The number of benzene rings is 1. The molecule has 3 saturated heterocycles. The van der Waals surface area contributed by atoms with Crippen LogP contribution in [0.2, 0.25) is 0 Å². The van der Waals surface area contributed by atoms with Crippen molar-refractivity contribution in [1.82, 2.24) is 9.21 Å². The first-order chi connectivity index (χ1) is 10.9. The van der Waals surface area contributed by atoms with Crippen molar-refractivity contribution in [1.29, 1.82) is 5.26 Å². The molecule has 0 unspecified atom stereocenters. The van der Waals surface area contributed by atoms with Crippen LogP contribution < -0.4 is 0 Å². The summed E-state index contributed by atoms with van der Waals surface area (Å²) in [6.45, 7) is 1.37. The number of sulfonamides is 1. The molecule has 122 valence electrons. The standard InChI is InChI=1S/C16H19N3O3S/c1-23(21,22)18-9-12-6-7-14(11-18)19(10-12)16(20)15-5-3-2-4-13(15)8-17/h2-5,12,14H,6-7,9-11H2,1H3/t12-,14+/m0/s1. The van der Waals surface area contributed by atoms with E-state index < -0.39 is 10.0 Å². The Balaban J connectivity index is 1.90. The lowest BCUT2D eigenvalue weighted by molar-refractivity contribution is 0.0588. The number of nitriles is 1.